The molecule has 1 unspecified atom stereocenters. The number of hydrogen-bond donors (Lipinski definition) is 0. The maximum atomic E-state index is 13.1. The van der Waals surface area contributed by atoms with E-state index in [2.05, 4.69) is 0 Å². The van der Waals surface area contributed by atoms with E-state index in [0.29, 0.717) is 11.1 Å². The Morgan fingerprint density at radius 3 is 1.81 bits per heavy atom. The first-order valence-electron chi connectivity index (χ1n) is 11.7. The number of fused-ring (bicyclic) bond motifs is 1. The summed E-state index contributed by atoms with van der Waals surface area (Å²) in [6.07, 6.45) is -5.23. The predicted octanol–water partition coefficient (Wildman–Crippen LogP) is 3.92. The lowest BCUT2D eigenvalue weighted by atomic mass is 9.97. The van der Waals surface area contributed by atoms with Gasteiger partial charge in [-0.05, 0) is 24.3 Å². The van der Waals surface area contributed by atoms with Crippen molar-refractivity contribution in [2.24, 2.45) is 0 Å². The van der Waals surface area contributed by atoms with Gasteiger partial charge in [0.25, 0.3) is 0 Å². The monoisotopic (exact) mass is 490 g/mol. The summed E-state index contributed by atoms with van der Waals surface area (Å²) in [6.45, 7) is 0.169. The highest BCUT2D eigenvalue weighted by atomic mass is 16.8. The normalized spacial score (nSPS) is 27.5. The zero-order valence-electron chi connectivity index (χ0n) is 19.6. The second-order valence-electron chi connectivity index (χ2n) is 8.43. The molecule has 0 aromatic heterocycles. The van der Waals surface area contributed by atoms with Crippen LogP contribution in [0.1, 0.15) is 32.6 Å². The summed E-state index contributed by atoms with van der Waals surface area (Å²) in [7, 11) is 1.43. The van der Waals surface area contributed by atoms with Crippen LogP contribution < -0.4 is 0 Å². The highest BCUT2D eigenvalue weighted by Gasteiger charge is 2.54. The van der Waals surface area contributed by atoms with Crippen molar-refractivity contribution in [2.75, 3.05) is 13.7 Å². The Labute approximate surface area is 208 Å². The Kier molecular flexibility index (Phi) is 7.39. The third-order valence-corrected chi connectivity index (χ3v) is 6.09. The van der Waals surface area contributed by atoms with Crippen molar-refractivity contribution in [3.05, 3.63) is 108 Å². The molecular formula is C28H26O8. The van der Waals surface area contributed by atoms with Gasteiger partial charge in [-0.3, -0.25) is 0 Å². The minimum atomic E-state index is -1.09. The fraction of sp³-hybridized carbons (Fsp3) is 0.286. The highest BCUT2D eigenvalue weighted by Crippen LogP contribution is 2.37. The zero-order valence-corrected chi connectivity index (χ0v) is 19.6. The first kappa shape index (κ1) is 24.1. The number of esters is 2. The van der Waals surface area contributed by atoms with E-state index in [0.717, 1.165) is 5.56 Å². The summed E-state index contributed by atoms with van der Waals surface area (Å²) in [5.41, 5.74) is 1.50. The van der Waals surface area contributed by atoms with Gasteiger partial charge < -0.3 is 28.4 Å². The van der Waals surface area contributed by atoms with E-state index >= 15 is 0 Å². The first-order valence-corrected chi connectivity index (χ1v) is 11.7. The lowest BCUT2D eigenvalue weighted by molar-refractivity contribution is -0.356. The minimum Gasteiger partial charge on any atom is -0.452 e. The Balaban J connectivity index is 1.46. The topological polar surface area (TPSA) is 89.5 Å². The third kappa shape index (κ3) is 5.17. The molecule has 2 aliphatic rings. The molecule has 8 nitrogen and oxygen atoms in total. The Morgan fingerprint density at radius 1 is 0.722 bits per heavy atom. The Hall–Kier alpha value is -3.56. The van der Waals surface area contributed by atoms with E-state index in [1.54, 1.807) is 60.7 Å². The number of carbonyl (C=O) groups excluding carboxylic acids is 2. The van der Waals surface area contributed by atoms with Crippen LogP contribution >= 0.6 is 0 Å². The van der Waals surface area contributed by atoms with E-state index in [4.69, 9.17) is 28.4 Å². The minimum absolute atomic E-state index is 0.169. The van der Waals surface area contributed by atoms with E-state index in [1.807, 2.05) is 30.3 Å². The van der Waals surface area contributed by atoms with Crippen molar-refractivity contribution in [1.82, 2.24) is 0 Å². The molecule has 6 atom stereocenters. The molecule has 3 aromatic rings. The van der Waals surface area contributed by atoms with Crippen molar-refractivity contribution in [1.29, 1.82) is 0 Å². The van der Waals surface area contributed by atoms with Crippen molar-refractivity contribution < 1.29 is 38.0 Å². The molecule has 0 saturated carbocycles. The standard InChI is InChI=1S/C28H26O8/c1-31-28-24(35-26(30)19-13-7-3-8-14-19)23(34-25(29)18-11-5-2-6-12-18)22-21(33-28)17-32-27(36-22)20-15-9-4-10-16-20/h2-16,21-24,27-28H,17H2,1H3/t21-,22-,23-,24-,27?,28-/m1/s1. The van der Waals surface area contributed by atoms with Gasteiger partial charge in [0.15, 0.2) is 24.8 Å². The largest absolute Gasteiger partial charge is 0.452 e. The molecule has 2 heterocycles. The fourth-order valence-corrected chi connectivity index (χ4v) is 4.31. The van der Waals surface area contributed by atoms with Crippen LogP contribution in [0.5, 0.6) is 0 Å². The molecule has 3 aromatic carbocycles. The van der Waals surface area contributed by atoms with Crippen LogP contribution in [0.3, 0.4) is 0 Å². The van der Waals surface area contributed by atoms with Crippen molar-refractivity contribution in [2.45, 2.75) is 37.0 Å². The van der Waals surface area contributed by atoms with E-state index in [9.17, 15) is 9.59 Å². The van der Waals surface area contributed by atoms with Crippen LogP contribution in [-0.2, 0) is 28.4 Å². The molecule has 0 radical (unpaired) electrons. The molecule has 0 bridgehead atoms. The number of hydrogen-bond acceptors (Lipinski definition) is 8. The van der Waals surface area contributed by atoms with Crippen LogP contribution in [-0.4, -0.2) is 56.4 Å². The van der Waals surface area contributed by atoms with Crippen molar-refractivity contribution in [3.8, 4) is 0 Å². The maximum absolute atomic E-state index is 13.1. The average molecular weight is 491 g/mol. The molecule has 186 valence electrons. The second-order valence-corrected chi connectivity index (χ2v) is 8.43. The van der Waals surface area contributed by atoms with Crippen LogP contribution in [0.15, 0.2) is 91.0 Å². The first-order chi connectivity index (χ1) is 17.6. The van der Waals surface area contributed by atoms with Crippen molar-refractivity contribution >= 4 is 11.9 Å². The molecule has 36 heavy (non-hydrogen) atoms. The van der Waals surface area contributed by atoms with Gasteiger partial charge in [-0.25, -0.2) is 9.59 Å². The van der Waals surface area contributed by atoms with Gasteiger partial charge in [-0.15, -0.1) is 0 Å². The number of benzene rings is 3. The van der Waals surface area contributed by atoms with Gasteiger partial charge in [0.1, 0.15) is 12.2 Å². The SMILES string of the molecule is CO[C@@H]1O[C@@H]2COC(c3ccccc3)O[C@H]2[C@@H](OC(=O)c2ccccc2)[C@H]1OC(=O)c1ccccc1. The summed E-state index contributed by atoms with van der Waals surface area (Å²) >= 11 is 0. The molecule has 2 saturated heterocycles. The van der Waals surface area contributed by atoms with Gasteiger partial charge in [0.2, 0.25) is 0 Å². The molecular weight excluding hydrogens is 464 g/mol. The summed E-state index contributed by atoms with van der Waals surface area (Å²) in [4.78, 5) is 26.1. The second kappa shape index (κ2) is 11.0. The van der Waals surface area contributed by atoms with Crippen LogP contribution in [0, 0.1) is 0 Å². The van der Waals surface area contributed by atoms with Crippen LogP contribution in [0.25, 0.3) is 0 Å². The fourth-order valence-electron chi connectivity index (χ4n) is 4.31. The number of methoxy groups -OCH3 is 1. The van der Waals surface area contributed by atoms with E-state index in [1.165, 1.54) is 7.11 Å². The molecule has 5 rings (SSSR count). The smallest absolute Gasteiger partial charge is 0.338 e. The van der Waals surface area contributed by atoms with Gasteiger partial charge >= 0.3 is 11.9 Å². The molecule has 0 N–H and O–H groups in total. The molecule has 2 aliphatic heterocycles. The summed E-state index contributed by atoms with van der Waals surface area (Å²) in [5, 5.41) is 0. The van der Waals surface area contributed by atoms with Gasteiger partial charge in [-0.2, -0.15) is 0 Å². The molecule has 0 spiro atoms. The molecule has 8 heteroatoms. The van der Waals surface area contributed by atoms with Gasteiger partial charge in [0.05, 0.1) is 17.7 Å². The molecule has 0 aliphatic carbocycles. The van der Waals surface area contributed by atoms with E-state index in [-0.39, 0.29) is 6.61 Å². The predicted molar refractivity (Wildman–Crippen MR) is 127 cm³/mol. The number of carbonyl (C=O) groups is 2. The molecule has 0 amide bonds. The van der Waals surface area contributed by atoms with Crippen molar-refractivity contribution in [3.63, 3.8) is 0 Å². The lowest BCUT2D eigenvalue weighted by Gasteiger charge is -2.47. The number of rotatable bonds is 6. The van der Waals surface area contributed by atoms with Crippen LogP contribution in [0.4, 0.5) is 0 Å². The molecule has 2 fully saturated rings. The summed E-state index contributed by atoms with van der Waals surface area (Å²) in [5.74, 6) is -1.18. The Bertz CT molecular complexity index is 1150. The quantitative estimate of drug-likeness (QED) is 0.481. The van der Waals surface area contributed by atoms with Gasteiger partial charge in [-0.1, -0.05) is 66.7 Å². The van der Waals surface area contributed by atoms with Gasteiger partial charge in [0, 0.05) is 12.7 Å². The number of ether oxygens (including phenoxy) is 6. The maximum Gasteiger partial charge on any atom is 0.338 e. The Morgan fingerprint density at radius 2 is 1.25 bits per heavy atom. The summed E-state index contributed by atoms with van der Waals surface area (Å²) < 4.78 is 35.5. The summed E-state index contributed by atoms with van der Waals surface area (Å²) in [6, 6.07) is 26.5. The zero-order chi connectivity index (χ0) is 24.9. The average Bonchev–Trinajstić information content (AvgIpc) is 2.95. The van der Waals surface area contributed by atoms with Crippen LogP contribution in [0.2, 0.25) is 0 Å². The lowest BCUT2D eigenvalue weighted by Crippen LogP contribution is -2.64. The van der Waals surface area contributed by atoms with E-state index < -0.39 is 48.9 Å². The highest BCUT2D eigenvalue weighted by molar-refractivity contribution is 5.90. The third-order valence-electron chi connectivity index (χ3n) is 6.09.